The van der Waals surface area contributed by atoms with Crippen molar-refractivity contribution in [3.63, 3.8) is 0 Å². The zero-order chi connectivity index (χ0) is 16.4. The molecule has 1 aromatic carbocycles. The number of nitriles is 2. The smallest absolute Gasteiger partial charge is 0.258 e. The number of benzene rings is 1. The first kappa shape index (κ1) is 14.5. The van der Waals surface area contributed by atoms with Crippen LogP contribution >= 0.6 is 0 Å². The van der Waals surface area contributed by atoms with Crippen molar-refractivity contribution in [1.29, 1.82) is 10.5 Å². The molecule has 0 bridgehead atoms. The van der Waals surface area contributed by atoms with Gasteiger partial charge in [0, 0.05) is 18.1 Å². The molecule has 1 aromatic rings. The summed E-state index contributed by atoms with van der Waals surface area (Å²) in [6.45, 7) is 0. The molecule has 0 aliphatic heterocycles. The van der Waals surface area contributed by atoms with Crippen LogP contribution in [0.3, 0.4) is 0 Å². The summed E-state index contributed by atoms with van der Waals surface area (Å²) in [5, 5.41) is 30.2. The van der Waals surface area contributed by atoms with Crippen molar-refractivity contribution in [2.45, 2.75) is 0 Å². The molecule has 0 heterocycles. The molecule has 0 N–H and O–H groups in total. The molecular weight excluding hydrogens is 290 g/mol. The minimum absolute atomic E-state index is 0.0249. The molecule has 5 heteroatoms. The number of rotatable bonds is 2. The van der Waals surface area contributed by atoms with E-state index in [0.29, 0.717) is 11.1 Å². The van der Waals surface area contributed by atoms with Gasteiger partial charge >= 0.3 is 0 Å². The Bertz CT molecular complexity index is 860. The highest BCUT2D eigenvalue weighted by molar-refractivity contribution is 5.83. The van der Waals surface area contributed by atoms with Gasteiger partial charge in [0.1, 0.15) is 0 Å². The molecule has 1 atom stereocenters. The maximum absolute atomic E-state index is 10.8. The quantitative estimate of drug-likeness (QED) is 0.615. The predicted molar refractivity (Wildman–Crippen MR) is 84.6 cm³/mol. The maximum atomic E-state index is 10.8. The first-order valence-corrected chi connectivity index (χ1v) is 6.97. The van der Waals surface area contributed by atoms with Gasteiger partial charge in [0.25, 0.3) is 5.69 Å². The number of hydrogen-bond donors (Lipinski definition) is 0. The van der Waals surface area contributed by atoms with Crippen LogP contribution in [0.1, 0.15) is 5.56 Å². The third-order valence-corrected chi connectivity index (χ3v) is 4.12. The molecule has 5 nitrogen and oxygen atoms in total. The van der Waals surface area contributed by atoms with Gasteiger partial charge in [-0.15, -0.1) is 0 Å². The Kier molecular flexibility index (Phi) is 3.40. The molecule has 3 rings (SSSR count). The van der Waals surface area contributed by atoms with Gasteiger partial charge in [-0.05, 0) is 28.8 Å². The molecule has 0 fully saturated rings. The zero-order valence-electron chi connectivity index (χ0n) is 12.0. The van der Waals surface area contributed by atoms with Crippen LogP contribution in [-0.4, -0.2) is 4.92 Å². The zero-order valence-corrected chi connectivity index (χ0v) is 12.0. The third kappa shape index (κ3) is 2.16. The van der Waals surface area contributed by atoms with Crippen molar-refractivity contribution in [1.82, 2.24) is 0 Å². The molecule has 0 saturated heterocycles. The fraction of sp³-hybridized carbons (Fsp3) is 0.111. The Morgan fingerprint density at radius 3 is 2.39 bits per heavy atom. The summed E-state index contributed by atoms with van der Waals surface area (Å²) in [6.07, 6.45) is 11.1. The maximum Gasteiger partial charge on any atom is 0.269 e. The molecule has 2 aliphatic carbocycles. The second kappa shape index (κ2) is 5.40. The SMILES string of the molecule is N#CC1(C#N)C(c2ccc([N+](=O)[O-])cc2)=CC2=CC=CC=CC21. The number of nitro groups is 1. The monoisotopic (exact) mass is 301 g/mol. The van der Waals surface area contributed by atoms with Gasteiger partial charge in [0.2, 0.25) is 0 Å². The summed E-state index contributed by atoms with van der Waals surface area (Å²) in [7, 11) is 0. The number of non-ortho nitro benzene ring substituents is 1. The lowest BCUT2D eigenvalue weighted by Gasteiger charge is -2.23. The van der Waals surface area contributed by atoms with E-state index < -0.39 is 10.3 Å². The highest BCUT2D eigenvalue weighted by atomic mass is 16.6. The molecule has 0 saturated carbocycles. The molecular formula is C18H11N3O2. The van der Waals surface area contributed by atoms with E-state index in [-0.39, 0.29) is 11.6 Å². The Morgan fingerprint density at radius 1 is 1.09 bits per heavy atom. The van der Waals surface area contributed by atoms with Crippen LogP contribution < -0.4 is 0 Å². The van der Waals surface area contributed by atoms with Gasteiger partial charge in [0.15, 0.2) is 5.41 Å². The predicted octanol–water partition coefficient (Wildman–Crippen LogP) is 3.69. The van der Waals surface area contributed by atoms with Crippen LogP contribution in [-0.2, 0) is 0 Å². The summed E-state index contributed by atoms with van der Waals surface area (Å²) in [5.41, 5.74) is 0.748. The summed E-state index contributed by atoms with van der Waals surface area (Å²) in [4.78, 5) is 10.3. The van der Waals surface area contributed by atoms with Crippen molar-refractivity contribution >= 4 is 11.3 Å². The molecule has 0 amide bonds. The first-order chi connectivity index (χ1) is 11.1. The Balaban J connectivity index is 2.15. The van der Waals surface area contributed by atoms with E-state index in [2.05, 4.69) is 12.1 Å². The fourth-order valence-corrected chi connectivity index (χ4v) is 2.96. The minimum atomic E-state index is -1.33. The number of nitrogens with zero attached hydrogens (tertiary/aromatic N) is 3. The summed E-state index contributed by atoms with van der Waals surface area (Å²) < 4.78 is 0. The first-order valence-electron chi connectivity index (χ1n) is 6.97. The number of nitro benzene ring substituents is 1. The fourth-order valence-electron chi connectivity index (χ4n) is 2.96. The summed E-state index contributed by atoms with van der Waals surface area (Å²) in [5.74, 6) is -0.349. The lowest BCUT2D eigenvalue weighted by Crippen LogP contribution is -2.24. The normalized spacial score (nSPS) is 20.5. The number of allylic oxidation sites excluding steroid dienone is 8. The van der Waals surface area contributed by atoms with Crippen LogP contribution in [0.4, 0.5) is 5.69 Å². The third-order valence-electron chi connectivity index (χ3n) is 4.12. The van der Waals surface area contributed by atoms with Crippen LogP contribution in [0.15, 0.2) is 66.3 Å². The second-order valence-corrected chi connectivity index (χ2v) is 5.31. The van der Waals surface area contributed by atoms with Crippen molar-refractivity contribution in [2.75, 3.05) is 0 Å². The highest BCUT2D eigenvalue weighted by Crippen LogP contribution is 2.51. The van der Waals surface area contributed by atoms with Crippen molar-refractivity contribution in [3.05, 3.63) is 82.0 Å². The van der Waals surface area contributed by atoms with E-state index in [4.69, 9.17) is 0 Å². The van der Waals surface area contributed by atoms with E-state index in [0.717, 1.165) is 5.57 Å². The second-order valence-electron chi connectivity index (χ2n) is 5.31. The topological polar surface area (TPSA) is 90.7 Å². The van der Waals surface area contributed by atoms with E-state index >= 15 is 0 Å². The Morgan fingerprint density at radius 2 is 1.78 bits per heavy atom. The van der Waals surface area contributed by atoms with Gasteiger partial charge in [0.05, 0.1) is 17.1 Å². The Labute approximate surface area is 132 Å². The molecule has 0 aromatic heterocycles. The number of hydrogen-bond acceptors (Lipinski definition) is 4. The van der Waals surface area contributed by atoms with Gasteiger partial charge in [-0.25, -0.2) is 0 Å². The average molecular weight is 301 g/mol. The molecule has 23 heavy (non-hydrogen) atoms. The van der Waals surface area contributed by atoms with Gasteiger partial charge < -0.3 is 0 Å². The molecule has 0 spiro atoms. The van der Waals surface area contributed by atoms with Crippen LogP contribution in [0.25, 0.3) is 5.57 Å². The van der Waals surface area contributed by atoms with Gasteiger partial charge in [-0.3, -0.25) is 10.1 Å². The minimum Gasteiger partial charge on any atom is -0.258 e. The standard InChI is InChI=1S/C18H11N3O2/c19-11-18(12-20)16-5-3-1-2-4-14(16)10-17(18)13-6-8-15(9-7-13)21(22)23/h1-10,16H. The largest absolute Gasteiger partial charge is 0.269 e. The molecule has 0 radical (unpaired) electrons. The lowest BCUT2D eigenvalue weighted by molar-refractivity contribution is -0.384. The average Bonchev–Trinajstić information content (AvgIpc) is 2.71. The van der Waals surface area contributed by atoms with E-state index in [9.17, 15) is 20.6 Å². The van der Waals surface area contributed by atoms with Crippen molar-refractivity contribution in [3.8, 4) is 12.1 Å². The molecule has 2 aliphatic rings. The van der Waals surface area contributed by atoms with Crippen LogP contribution in [0.5, 0.6) is 0 Å². The van der Waals surface area contributed by atoms with E-state index in [1.807, 2.05) is 36.5 Å². The van der Waals surface area contributed by atoms with E-state index in [1.165, 1.54) is 12.1 Å². The highest BCUT2D eigenvalue weighted by Gasteiger charge is 2.48. The van der Waals surface area contributed by atoms with Crippen LogP contribution in [0.2, 0.25) is 0 Å². The van der Waals surface area contributed by atoms with Crippen molar-refractivity contribution < 1.29 is 4.92 Å². The van der Waals surface area contributed by atoms with Gasteiger partial charge in [-0.1, -0.05) is 36.5 Å². The van der Waals surface area contributed by atoms with Crippen molar-refractivity contribution in [2.24, 2.45) is 11.3 Å². The number of fused-ring (bicyclic) bond motifs is 1. The molecule has 110 valence electrons. The molecule has 1 unspecified atom stereocenters. The summed E-state index contributed by atoms with van der Waals surface area (Å²) in [6, 6.07) is 10.2. The lowest BCUT2D eigenvalue weighted by atomic mass is 9.73. The van der Waals surface area contributed by atoms with Gasteiger partial charge in [-0.2, -0.15) is 10.5 Å². The van der Waals surface area contributed by atoms with Crippen LogP contribution in [0, 0.1) is 44.1 Å². The summed E-state index contributed by atoms with van der Waals surface area (Å²) >= 11 is 0. The Hall–Kier alpha value is -3.44. The van der Waals surface area contributed by atoms with E-state index in [1.54, 1.807) is 12.1 Å².